The Morgan fingerprint density at radius 1 is 1.27 bits per heavy atom. The van der Waals surface area contributed by atoms with Gasteiger partial charge in [-0.2, -0.15) is 0 Å². The summed E-state index contributed by atoms with van der Waals surface area (Å²) in [5, 5.41) is 0. The second-order valence-electron chi connectivity index (χ2n) is 4.66. The largest absolute Gasteiger partial charge is 0.497 e. The summed E-state index contributed by atoms with van der Waals surface area (Å²) in [6.07, 6.45) is 3.89. The molecule has 0 unspecified atom stereocenters. The normalized spacial score (nSPS) is 10.9. The first-order valence-electron chi connectivity index (χ1n) is 7.29. The Hall–Kier alpha value is -2.49. The van der Waals surface area contributed by atoms with Crippen molar-refractivity contribution in [3.8, 4) is 17.1 Å². The lowest BCUT2D eigenvalue weighted by molar-refractivity contribution is -0.137. The van der Waals surface area contributed by atoms with Crippen LogP contribution in [0.5, 0.6) is 5.75 Å². The van der Waals surface area contributed by atoms with Crippen LogP contribution >= 0.6 is 0 Å². The summed E-state index contributed by atoms with van der Waals surface area (Å²) in [6, 6.07) is 9.59. The van der Waals surface area contributed by atoms with Crippen LogP contribution in [0.25, 0.3) is 17.4 Å². The zero-order valence-corrected chi connectivity index (χ0v) is 13.1. The maximum Gasteiger partial charge on any atom is 0.330 e. The molecule has 0 bridgehead atoms. The van der Waals surface area contributed by atoms with Crippen molar-refractivity contribution < 1.29 is 18.7 Å². The van der Waals surface area contributed by atoms with Crippen LogP contribution in [0.4, 0.5) is 0 Å². The van der Waals surface area contributed by atoms with Crippen molar-refractivity contribution in [2.45, 2.75) is 20.3 Å². The molecule has 0 saturated carbocycles. The Labute approximate surface area is 130 Å². The van der Waals surface area contributed by atoms with E-state index in [-0.39, 0.29) is 5.97 Å². The molecule has 1 aromatic heterocycles. The van der Waals surface area contributed by atoms with E-state index in [9.17, 15) is 4.79 Å². The molecule has 4 heteroatoms. The minimum Gasteiger partial charge on any atom is -0.497 e. The van der Waals surface area contributed by atoms with Crippen molar-refractivity contribution in [3.05, 3.63) is 47.7 Å². The molecule has 0 N–H and O–H groups in total. The van der Waals surface area contributed by atoms with Crippen LogP contribution in [0.3, 0.4) is 0 Å². The highest BCUT2D eigenvalue weighted by Gasteiger charge is 2.10. The van der Waals surface area contributed by atoms with Gasteiger partial charge in [0.1, 0.15) is 17.3 Å². The predicted molar refractivity (Wildman–Crippen MR) is 85.7 cm³/mol. The minimum atomic E-state index is -0.353. The van der Waals surface area contributed by atoms with E-state index in [4.69, 9.17) is 13.9 Å². The molecule has 0 atom stereocenters. The van der Waals surface area contributed by atoms with Gasteiger partial charge < -0.3 is 13.9 Å². The standard InChI is InChI=1S/C18H20O4/c1-4-16-14(9-10-18(19)21-5-2)12-17(22-16)13-7-6-8-15(11-13)20-3/h6-12H,4-5H2,1-3H3/b10-9-. The zero-order chi connectivity index (χ0) is 15.9. The van der Waals surface area contributed by atoms with Gasteiger partial charge in [-0.1, -0.05) is 19.1 Å². The van der Waals surface area contributed by atoms with Gasteiger partial charge in [0.05, 0.1) is 13.7 Å². The van der Waals surface area contributed by atoms with Crippen molar-refractivity contribution in [2.75, 3.05) is 13.7 Å². The third-order valence-corrected chi connectivity index (χ3v) is 3.20. The van der Waals surface area contributed by atoms with E-state index in [0.29, 0.717) is 6.61 Å². The molecule has 0 spiro atoms. The van der Waals surface area contributed by atoms with Gasteiger partial charge in [0.2, 0.25) is 0 Å². The lowest BCUT2D eigenvalue weighted by Gasteiger charge is -2.01. The number of furan rings is 1. The number of rotatable bonds is 6. The number of ether oxygens (including phenoxy) is 2. The van der Waals surface area contributed by atoms with Crippen LogP contribution in [0.2, 0.25) is 0 Å². The quantitative estimate of drug-likeness (QED) is 0.595. The van der Waals surface area contributed by atoms with E-state index in [0.717, 1.165) is 34.8 Å². The molecule has 0 radical (unpaired) electrons. The van der Waals surface area contributed by atoms with E-state index in [2.05, 4.69) is 0 Å². The van der Waals surface area contributed by atoms with Crippen molar-refractivity contribution >= 4 is 12.0 Å². The van der Waals surface area contributed by atoms with E-state index < -0.39 is 0 Å². The van der Waals surface area contributed by atoms with Gasteiger partial charge >= 0.3 is 5.97 Å². The minimum absolute atomic E-state index is 0.353. The van der Waals surface area contributed by atoms with Gasteiger partial charge in [0.15, 0.2) is 0 Å². The van der Waals surface area contributed by atoms with Crippen LogP contribution in [-0.2, 0) is 16.0 Å². The number of carbonyl (C=O) groups excluding carboxylic acids is 1. The molecule has 0 amide bonds. The third kappa shape index (κ3) is 3.79. The molecule has 1 heterocycles. The Bertz CT molecular complexity index is 667. The number of carbonyl (C=O) groups is 1. The average molecular weight is 300 g/mol. The van der Waals surface area contributed by atoms with Crippen molar-refractivity contribution in [2.24, 2.45) is 0 Å². The smallest absolute Gasteiger partial charge is 0.330 e. The first-order chi connectivity index (χ1) is 10.7. The van der Waals surface area contributed by atoms with Crippen molar-refractivity contribution in [1.29, 1.82) is 0 Å². The molecule has 4 nitrogen and oxygen atoms in total. The molecule has 116 valence electrons. The van der Waals surface area contributed by atoms with Gasteiger partial charge in [0, 0.05) is 23.6 Å². The van der Waals surface area contributed by atoms with Gasteiger partial charge in [-0.05, 0) is 31.2 Å². The van der Waals surface area contributed by atoms with E-state index >= 15 is 0 Å². The summed E-state index contributed by atoms with van der Waals surface area (Å²) in [5.41, 5.74) is 1.82. The highest BCUT2D eigenvalue weighted by molar-refractivity contribution is 5.87. The molecular weight excluding hydrogens is 280 g/mol. The summed E-state index contributed by atoms with van der Waals surface area (Å²) in [6.45, 7) is 4.15. The summed E-state index contributed by atoms with van der Waals surface area (Å²) in [7, 11) is 1.63. The van der Waals surface area contributed by atoms with E-state index in [1.54, 1.807) is 20.1 Å². The zero-order valence-electron chi connectivity index (χ0n) is 13.1. The number of methoxy groups -OCH3 is 1. The van der Waals surface area contributed by atoms with Gasteiger partial charge in [-0.3, -0.25) is 0 Å². The predicted octanol–water partition coefficient (Wildman–Crippen LogP) is 4.09. The first kappa shape index (κ1) is 15.9. The molecule has 1 aromatic carbocycles. The topological polar surface area (TPSA) is 48.7 Å². The van der Waals surface area contributed by atoms with E-state index in [1.165, 1.54) is 6.08 Å². The summed E-state index contributed by atoms with van der Waals surface area (Å²) >= 11 is 0. The molecule has 2 aromatic rings. The lowest BCUT2D eigenvalue weighted by Crippen LogP contribution is -1.98. The summed E-state index contributed by atoms with van der Waals surface area (Å²) in [5.74, 6) is 2.00. The number of aryl methyl sites for hydroxylation is 1. The molecule has 2 rings (SSSR count). The molecule has 22 heavy (non-hydrogen) atoms. The molecular formula is C18H20O4. The molecule has 0 fully saturated rings. The fourth-order valence-electron chi connectivity index (χ4n) is 2.13. The lowest BCUT2D eigenvalue weighted by atomic mass is 10.1. The van der Waals surface area contributed by atoms with Gasteiger partial charge in [0.25, 0.3) is 0 Å². The highest BCUT2D eigenvalue weighted by atomic mass is 16.5. The third-order valence-electron chi connectivity index (χ3n) is 3.20. The first-order valence-corrected chi connectivity index (χ1v) is 7.29. The maximum atomic E-state index is 11.4. The Kier molecular flexibility index (Phi) is 5.42. The fraction of sp³-hybridized carbons (Fsp3) is 0.278. The molecule has 0 aliphatic rings. The number of esters is 1. The van der Waals surface area contributed by atoms with Crippen LogP contribution < -0.4 is 4.74 Å². The van der Waals surface area contributed by atoms with Crippen molar-refractivity contribution in [1.82, 2.24) is 0 Å². The molecule has 0 aliphatic heterocycles. The van der Waals surface area contributed by atoms with E-state index in [1.807, 2.05) is 37.3 Å². The Morgan fingerprint density at radius 3 is 2.77 bits per heavy atom. The van der Waals surface area contributed by atoms with Crippen molar-refractivity contribution in [3.63, 3.8) is 0 Å². The number of hydrogen-bond donors (Lipinski definition) is 0. The highest BCUT2D eigenvalue weighted by Crippen LogP contribution is 2.29. The van der Waals surface area contributed by atoms with Gasteiger partial charge in [-0.15, -0.1) is 0 Å². The molecule has 0 aliphatic carbocycles. The molecule has 0 saturated heterocycles. The van der Waals surface area contributed by atoms with Crippen LogP contribution in [-0.4, -0.2) is 19.7 Å². The SMILES string of the molecule is CCOC(=O)/C=C\c1cc(-c2cccc(OC)c2)oc1CC. The summed E-state index contributed by atoms with van der Waals surface area (Å²) in [4.78, 5) is 11.4. The summed E-state index contributed by atoms with van der Waals surface area (Å²) < 4.78 is 16.0. The van der Waals surface area contributed by atoms with Crippen LogP contribution in [0.15, 0.2) is 40.8 Å². The van der Waals surface area contributed by atoms with Crippen LogP contribution in [0.1, 0.15) is 25.2 Å². The maximum absolute atomic E-state index is 11.4. The Morgan fingerprint density at radius 2 is 2.09 bits per heavy atom. The average Bonchev–Trinajstić information content (AvgIpc) is 2.96. The number of hydrogen-bond acceptors (Lipinski definition) is 4. The number of benzene rings is 1. The second-order valence-corrected chi connectivity index (χ2v) is 4.66. The fourth-order valence-corrected chi connectivity index (χ4v) is 2.13. The Balaban J connectivity index is 2.29. The second kappa shape index (κ2) is 7.50. The van der Waals surface area contributed by atoms with Gasteiger partial charge in [-0.25, -0.2) is 4.79 Å². The monoisotopic (exact) mass is 300 g/mol. The van der Waals surface area contributed by atoms with Crippen LogP contribution in [0, 0.1) is 0 Å².